The molecule has 2 aromatic carbocycles. The summed E-state index contributed by atoms with van der Waals surface area (Å²) in [6, 6.07) is 9.50. The van der Waals surface area contributed by atoms with E-state index in [0.29, 0.717) is 22.3 Å². The zero-order valence-corrected chi connectivity index (χ0v) is 22.5. The largest absolute Gasteiger partial charge is 1.00 e. The zero-order chi connectivity index (χ0) is 20.9. The number of hydrogen-bond acceptors (Lipinski definition) is 8. The fourth-order valence-electron chi connectivity index (χ4n) is 2.81. The minimum atomic E-state index is -4.32. The SMILES string of the molecule is O=S(=O)([O-])CCCc1cc(-c2ccc(O)c(CCCS(=O)(=O)[O-])c2)ccc1O.[Na+].[Na+]. The van der Waals surface area contributed by atoms with Crippen LogP contribution in [0.15, 0.2) is 36.4 Å². The number of hydrogen-bond donors (Lipinski definition) is 2. The molecule has 0 unspecified atom stereocenters. The molecule has 0 aliphatic rings. The molecule has 30 heavy (non-hydrogen) atoms. The van der Waals surface area contributed by atoms with Crippen molar-refractivity contribution in [2.75, 3.05) is 11.5 Å². The Balaban J connectivity index is 0.00000420. The first-order valence-corrected chi connectivity index (χ1v) is 11.6. The van der Waals surface area contributed by atoms with E-state index >= 15 is 0 Å². The number of rotatable bonds is 9. The van der Waals surface area contributed by atoms with Crippen molar-refractivity contribution in [3.63, 3.8) is 0 Å². The van der Waals surface area contributed by atoms with Crippen LogP contribution in [0.5, 0.6) is 11.5 Å². The second-order valence-corrected chi connectivity index (χ2v) is 9.46. The van der Waals surface area contributed by atoms with Crippen LogP contribution in [0.2, 0.25) is 0 Å². The van der Waals surface area contributed by atoms with E-state index in [-0.39, 0.29) is 96.3 Å². The molecule has 0 amide bonds. The first-order valence-electron chi connectivity index (χ1n) is 8.46. The zero-order valence-electron chi connectivity index (χ0n) is 16.9. The second-order valence-electron chi connectivity index (χ2n) is 6.42. The van der Waals surface area contributed by atoms with Gasteiger partial charge in [-0.15, -0.1) is 0 Å². The summed E-state index contributed by atoms with van der Waals surface area (Å²) in [5.41, 5.74) is 2.34. The molecule has 0 bridgehead atoms. The van der Waals surface area contributed by atoms with Crippen LogP contribution < -0.4 is 59.1 Å². The predicted molar refractivity (Wildman–Crippen MR) is 101 cm³/mol. The Morgan fingerprint density at radius 3 is 1.30 bits per heavy atom. The molecule has 0 heterocycles. The van der Waals surface area contributed by atoms with Gasteiger partial charge in [-0.1, -0.05) is 12.1 Å². The Kier molecular flexibility index (Phi) is 12.7. The third kappa shape index (κ3) is 10.4. The summed E-state index contributed by atoms with van der Waals surface area (Å²) >= 11 is 0. The van der Waals surface area contributed by atoms with Crippen LogP contribution in [-0.2, 0) is 33.1 Å². The topological polar surface area (TPSA) is 155 Å². The Labute approximate surface area is 220 Å². The second kappa shape index (κ2) is 12.8. The summed E-state index contributed by atoms with van der Waals surface area (Å²) in [6.07, 6.45) is 0.557. The summed E-state index contributed by atoms with van der Waals surface area (Å²) in [4.78, 5) is 0. The average Bonchev–Trinajstić information content (AvgIpc) is 2.56. The van der Waals surface area contributed by atoms with E-state index < -0.39 is 31.7 Å². The molecule has 2 aromatic rings. The summed E-state index contributed by atoms with van der Waals surface area (Å²) in [5, 5.41) is 19.9. The summed E-state index contributed by atoms with van der Waals surface area (Å²) in [6.45, 7) is 0. The first-order chi connectivity index (χ1) is 12.9. The van der Waals surface area contributed by atoms with E-state index in [9.17, 15) is 36.2 Å². The van der Waals surface area contributed by atoms with E-state index in [4.69, 9.17) is 0 Å². The molecule has 0 saturated heterocycles. The molecule has 0 saturated carbocycles. The molecule has 2 rings (SSSR count). The van der Waals surface area contributed by atoms with Crippen molar-refractivity contribution in [1.82, 2.24) is 0 Å². The third-order valence-corrected chi connectivity index (χ3v) is 5.75. The van der Waals surface area contributed by atoms with E-state index in [1.807, 2.05) is 0 Å². The maximum absolute atomic E-state index is 10.7. The van der Waals surface area contributed by atoms with Gasteiger partial charge in [0, 0.05) is 11.5 Å². The van der Waals surface area contributed by atoms with Crippen LogP contribution in [0.1, 0.15) is 24.0 Å². The number of phenols is 2. The standard InChI is InChI=1S/C18H22O8S2.2Na/c19-17-7-5-13(11-15(17)3-1-9-27(21,22)23)14-6-8-18(20)16(12-14)4-2-10-28(24,25)26;;/h5-8,11-12,19-20H,1-4,9-10H2,(H,21,22,23)(H,24,25,26);;/q;2*+1/p-2. The van der Waals surface area contributed by atoms with E-state index in [0.717, 1.165) is 0 Å². The molecular weight excluding hydrogens is 454 g/mol. The minimum Gasteiger partial charge on any atom is -0.748 e. The Morgan fingerprint density at radius 2 is 1.00 bits per heavy atom. The van der Waals surface area contributed by atoms with Crippen LogP contribution in [0, 0.1) is 0 Å². The van der Waals surface area contributed by atoms with Gasteiger partial charge in [0.25, 0.3) is 0 Å². The summed E-state index contributed by atoms with van der Waals surface area (Å²) < 4.78 is 64.3. The number of aryl methyl sites for hydroxylation is 2. The Hall–Kier alpha value is -0.140. The van der Waals surface area contributed by atoms with Gasteiger partial charge < -0.3 is 19.3 Å². The molecule has 0 atom stereocenters. The molecule has 0 spiro atoms. The summed E-state index contributed by atoms with van der Waals surface area (Å²) in [7, 11) is -8.65. The molecule has 8 nitrogen and oxygen atoms in total. The molecular formula is C18H20Na2O8S2. The van der Waals surface area contributed by atoms with Crippen molar-refractivity contribution in [2.24, 2.45) is 0 Å². The van der Waals surface area contributed by atoms with Crippen LogP contribution in [0.4, 0.5) is 0 Å². The third-order valence-electron chi connectivity index (χ3n) is 4.17. The maximum atomic E-state index is 10.7. The molecule has 0 aliphatic heterocycles. The van der Waals surface area contributed by atoms with E-state index in [2.05, 4.69) is 0 Å². The van der Waals surface area contributed by atoms with Crippen molar-refractivity contribution < 1.29 is 95.3 Å². The molecule has 0 aliphatic carbocycles. The van der Waals surface area contributed by atoms with Gasteiger partial charge in [0.15, 0.2) is 0 Å². The Morgan fingerprint density at radius 1 is 0.667 bits per heavy atom. The fourth-order valence-corrected chi connectivity index (χ4v) is 3.81. The molecule has 0 aromatic heterocycles. The fraction of sp³-hybridized carbons (Fsp3) is 0.333. The van der Waals surface area contributed by atoms with Crippen LogP contribution in [0.25, 0.3) is 11.1 Å². The normalized spacial score (nSPS) is 11.4. The minimum absolute atomic E-state index is 0. The number of aromatic hydroxyl groups is 2. The predicted octanol–water partition coefficient (Wildman–Crippen LogP) is -4.27. The smallest absolute Gasteiger partial charge is 0.748 e. The molecule has 12 heteroatoms. The van der Waals surface area contributed by atoms with Gasteiger partial charge in [0.2, 0.25) is 0 Å². The van der Waals surface area contributed by atoms with E-state index in [1.54, 1.807) is 24.3 Å². The van der Waals surface area contributed by atoms with Gasteiger partial charge in [0.1, 0.15) is 11.5 Å². The van der Waals surface area contributed by atoms with Gasteiger partial charge >= 0.3 is 59.1 Å². The van der Waals surface area contributed by atoms with Crippen molar-refractivity contribution in [3.05, 3.63) is 47.5 Å². The van der Waals surface area contributed by atoms with Crippen LogP contribution in [0.3, 0.4) is 0 Å². The average molecular weight is 474 g/mol. The van der Waals surface area contributed by atoms with Crippen molar-refractivity contribution in [3.8, 4) is 22.6 Å². The van der Waals surface area contributed by atoms with E-state index in [1.165, 1.54) is 12.1 Å². The monoisotopic (exact) mass is 474 g/mol. The van der Waals surface area contributed by atoms with Crippen LogP contribution in [-0.4, -0.2) is 47.7 Å². The van der Waals surface area contributed by atoms with Gasteiger partial charge in [0.05, 0.1) is 20.2 Å². The van der Waals surface area contributed by atoms with Crippen molar-refractivity contribution >= 4 is 20.2 Å². The van der Waals surface area contributed by atoms with Gasteiger partial charge in [-0.25, -0.2) is 16.8 Å². The molecule has 2 N–H and O–H groups in total. The van der Waals surface area contributed by atoms with Crippen LogP contribution >= 0.6 is 0 Å². The maximum Gasteiger partial charge on any atom is 1.00 e. The number of phenolic OH excluding ortho intramolecular Hbond substituents is 2. The molecule has 0 fully saturated rings. The van der Waals surface area contributed by atoms with Gasteiger partial charge in [-0.3, -0.25) is 0 Å². The quantitative estimate of drug-likeness (QED) is 0.273. The molecule has 154 valence electrons. The summed E-state index contributed by atoms with van der Waals surface area (Å²) in [5.74, 6) is -1.09. The Bertz CT molecular complexity index is 968. The van der Waals surface area contributed by atoms with Gasteiger partial charge in [-0.2, -0.15) is 0 Å². The van der Waals surface area contributed by atoms with Gasteiger partial charge in [-0.05, 0) is 72.2 Å². The number of benzene rings is 2. The van der Waals surface area contributed by atoms with Crippen molar-refractivity contribution in [1.29, 1.82) is 0 Å². The van der Waals surface area contributed by atoms with Crippen molar-refractivity contribution in [2.45, 2.75) is 25.7 Å². The molecule has 0 radical (unpaired) electrons. The first kappa shape index (κ1) is 29.9.